The van der Waals surface area contributed by atoms with Gasteiger partial charge in [-0.25, -0.2) is 4.98 Å². The Bertz CT molecular complexity index is 548. The highest BCUT2D eigenvalue weighted by atomic mass is 32.1. The largest absolute Gasteiger partial charge is 0.245 e. The summed E-state index contributed by atoms with van der Waals surface area (Å²) >= 11 is 1.63. The number of hydrogen-bond donors (Lipinski definition) is 0. The number of thiazole rings is 1. The minimum absolute atomic E-state index is 0.201. The predicted octanol–water partition coefficient (Wildman–Crippen LogP) is 3.37. The third-order valence-corrected chi connectivity index (χ3v) is 3.88. The lowest BCUT2D eigenvalue weighted by Crippen LogP contribution is -2.01. The van der Waals surface area contributed by atoms with Crippen LogP contribution in [0.15, 0.2) is 35.8 Å². The number of hydrogen-bond acceptors (Lipinski definition) is 3. The number of nitriles is 1. The molecule has 0 amide bonds. The van der Waals surface area contributed by atoms with Gasteiger partial charge in [-0.1, -0.05) is 18.2 Å². The van der Waals surface area contributed by atoms with E-state index in [1.807, 2.05) is 23.7 Å². The Kier molecular flexibility index (Phi) is 2.05. The van der Waals surface area contributed by atoms with Gasteiger partial charge in [0.05, 0.1) is 11.5 Å². The van der Waals surface area contributed by atoms with Crippen molar-refractivity contribution in [2.75, 3.05) is 0 Å². The number of aromatic nitrogens is 1. The van der Waals surface area contributed by atoms with E-state index >= 15 is 0 Å². The van der Waals surface area contributed by atoms with E-state index in [0.29, 0.717) is 0 Å². The molecule has 2 aromatic rings. The van der Waals surface area contributed by atoms with Crippen molar-refractivity contribution in [3.63, 3.8) is 0 Å². The number of rotatable bonds is 2. The minimum atomic E-state index is -0.201. The molecule has 3 rings (SSSR count). The van der Waals surface area contributed by atoms with Gasteiger partial charge in [-0.05, 0) is 24.5 Å². The molecule has 0 unspecified atom stereocenters. The van der Waals surface area contributed by atoms with Crippen molar-refractivity contribution < 1.29 is 0 Å². The third kappa shape index (κ3) is 1.43. The Morgan fingerprint density at radius 2 is 2.25 bits per heavy atom. The maximum Gasteiger partial charge on any atom is 0.123 e. The Labute approximate surface area is 98.2 Å². The lowest BCUT2D eigenvalue weighted by atomic mass is 9.96. The van der Waals surface area contributed by atoms with Crippen LogP contribution in [0.25, 0.3) is 10.6 Å². The molecule has 3 heteroatoms. The van der Waals surface area contributed by atoms with E-state index in [-0.39, 0.29) is 5.41 Å². The molecule has 1 aliphatic rings. The fourth-order valence-corrected chi connectivity index (χ4v) is 2.54. The highest BCUT2D eigenvalue weighted by molar-refractivity contribution is 7.13. The first-order valence-electron chi connectivity index (χ1n) is 5.26. The summed E-state index contributed by atoms with van der Waals surface area (Å²) in [5.41, 5.74) is 2.06. The van der Waals surface area contributed by atoms with Crippen LogP contribution in [0.4, 0.5) is 0 Å². The number of benzene rings is 1. The highest BCUT2D eigenvalue weighted by Gasteiger charge is 2.44. The van der Waals surface area contributed by atoms with E-state index in [2.05, 4.69) is 23.2 Å². The zero-order valence-electron chi connectivity index (χ0n) is 8.68. The van der Waals surface area contributed by atoms with Crippen LogP contribution in [-0.2, 0) is 5.41 Å². The Balaban J connectivity index is 2.05. The van der Waals surface area contributed by atoms with Gasteiger partial charge >= 0.3 is 0 Å². The van der Waals surface area contributed by atoms with Crippen LogP contribution < -0.4 is 0 Å². The molecule has 16 heavy (non-hydrogen) atoms. The van der Waals surface area contributed by atoms with Crippen molar-refractivity contribution in [2.45, 2.75) is 18.3 Å². The van der Waals surface area contributed by atoms with Crippen molar-refractivity contribution in [2.24, 2.45) is 0 Å². The first-order chi connectivity index (χ1) is 7.84. The molecule has 1 fully saturated rings. The lowest BCUT2D eigenvalue weighted by Gasteiger charge is -2.07. The van der Waals surface area contributed by atoms with Crippen LogP contribution >= 0.6 is 11.3 Å². The molecule has 1 saturated carbocycles. The summed E-state index contributed by atoms with van der Waals surface area (Å²) in [6, 6.07) is 10.6. The van der Waals surface area contributed by atoms with Crippen LogP contribution in [0.2, 0.25) is 0 Å². The molecule has 0 saturated heterocycles. The van der Waals surface area contributed by atoms with Crippen LogP contribution in [-0.4, -0.2) is 4.98 Å². The highest BCUT2D eigenvalue weighted by Crippen LogP contribution is 2.48. The van der Waals surface area contributed by atoms with Gasteiger partial charge in [0.2, 0.25) is 0 Å². The van der Waals surface area contributed by atoms with Gasteiger partial charge in [0, 0.05) is 17.1 Å². The quantitative estimate of drug-likeness (QED) is 0.787. The van der Waals surface area contributed by atoms with Crippen molar-refractivity contribution in [1.29, 1.82) is 5.26 Å². The van der Waals surface area contributed by atoms with Gasteiger partial charge in [-0.2, -0.15) is 5.26 Å². The van der Waals surface area contributed by atoms with Crippen molar-refractivity contribution in [3.8, 4) is 16.6 Å². The molecular weight excluding hydrogens is 216 g/mol. The smallest absolute Gasteiger partial charge is 0.123 e. The summed E-state index contributed by atoms with van der Waals surface area (Å²) in [5, 5.41) is 12.2. The molecule has 1 heterocycles. The zero-order valence-corrected chi connectivity index (χ0v) is 9.50. The first-order valence-corrected chi connectivity index (χ1v) is 6.14. The van der Waals surface area contributed by atoms with Gasteiger partial charge < -0.3 is 0 Å². The second-order valence-electron chi connectivity index (χ2n) is 4.11. The molecular formula is C13H10N2S. The van der Waals surface area contributed by atoms with Gasteiger partial charge in [0.25, 0.3) is 0 Å². The predicted molar refractivity (Wildman–Crippen MR) is 64.1 cm³/mol. The fourth-order valence-electron chi connectivity index (χ4n) is 1.91. The Hall–Kier alpha value is -1.66. The summed E-state index contributed by atoms with van der Waals surface area (Å²) in [5.74, 6) is 0. The molecule has 0 atom stereocenters. The van der Waals surface area contributed by atoms with Crippen LogP contribution in [0.5, 0.6) is 0 Å². The SMILES string of the molecule is N#CC1(c2cccc(-c3nccs3)c2)CC1. The third-order valence-electron chi connectivity index (χ3n) is 3.06. The number of nitrogens with zero attached hydrogens (tertiary/aromatic N) is 2. The van der Waals surface area contributed by atoms with E-state index in [1.54, 1.807) is 11.3 Å². The van der Waals surface area contributed by atoms with E-state index < -0.39 is 0 Å². The molecule has 0 N–H and O–H groups in total. The monoisotopic (exact) mass is 226 g/mol. The fraction of sp³-hybridized carbons (Fsp3) is 0.231. The summed E-state index contributed by atoms with van der Waals surface area (Å²) in [4.78, 5) is 4.29. The average Bonchev–Trinajstić information content (AvgIpc) is 2.95. The molecule has 0 aliphatic heterocycles. The minimum Gasteiger partial charge on any atom is -0.245 e. The molecule has 2 nitrogen and oxygen atoms in total. The van der Waals surface area contributed by atoms with Gasteiger partial charge in [-0.3, -0.25) is 0 Å². The zero-order chi connectivity index (χ0) is 11.0. The molecule has 78 valence electrons. The topological polar surface area (TPSA) is 36.7 Å². The van der Waals surface area contributed by atoms with Crippen LogP contribution in [0.1, 0.15) is 18.4 Å². The average molecular weight is 226 g/mol. The normalized spacial score (nSPS) is 16.7. The molecule has 1 aliphatic carbocycles. The van der Waals surface area contributed by atoms with E-state index in [9.17, 15) is 0 Å². The Morgan fingerprint density at radius 1 is 1.38 bits per heavy atom. The standard InChI is InChI=1S/C13H10N2S/c14-9-13(4-5-13)11-3-1-2-10(8-11)12-15-6-7-16-12/h1-3,6-8H,4-5H2. The van der Waals surface area contributed by atoms with E-state index in [1.165, 1.54) is 0 Å². The Morgan fingerprint density at radius 3 is 2.88 bits per heavy atom. The van der Waals surface area contributed by atoms with E-state index in [4.69, 9.17) is 5.26 Å². The maximum absolute atomic E-state index is 9.17. The van der Waals surface area contributed by atoms with Crippen molar-refractivity contribution in [1.82, 2.24) is 4.98 Å². The van der Waals surface area contributed by atoms with Gasteiger partial charge in [0.1, 0.15) is 5.01 Å². The van der Waals surface area contributed by atoms with Crippen LogP contribution in [0.3, 0.4) is 0 Å². The second-order valence-corrected chi connectivity index (χ2v) is 5.01. The molecule has 1 aromatic heterocycles. The van der Waals surface area contributed by atoms with Gasteiger partial charge in [-0.15, -0.1) is 11.3 Å². The van der Waals surface area contributed by atoms with Crippen molar-refractivity contribution in [3.05, 3.63) is 41.4 Å². The molecule has 0 spiro atoms. The molecule has 0 bridgehead atoms. The molecule has 1 aromatic carbocycles. The van der Waals surface area contributed by atoms with Gasteiger partial charge in [0.15, 0.2) is 0 Å². The lowest BCUT2D eigenvalue weighted by molar-refractivity contribution is 0.909. The second kappa shape index (κ2) is 3.43. The van der Waals surface area contributed by atoms with E-state index in [0.717, 1.165) is 29.0 Å². The van der Waals surface area contributed by atoms with Crippen LogP contribution in [0, 0.1) is 11.3 Å². The summed E-state index contributed by atoms with van der Waals surface area (Å²) < 4.78 is 0. The first kappa shape index (κ1) is 9.56. The summed E-state index contributed by atoms with van der Waals surface area (Å²) in [6.45, 7) is 0. The maximum atomic E-state index is 9.17. The summed E-state index contributed by atoms with van der Waals surface area (Å²) in [6.07, 6.45) is 3.79. The van der Waals surface area contributed by atoms with Crippen molar-refractivity contribution >= 4 is 11.3 Å². The summed E-state index contributed by atoms with van der Waals surface area (Å²) in [7, 11) is 0. The molecule has 0 radical (unpaired) electrons.